The molecule has 2 atom stereocenters. The molecule has 0 radical (unpaired) electrons. The highest BCUT2D eigenvalue weighted by molar-refractivity contribution is 7.92. The lowest BCUT2D eigenvalue weighted by Gasteiger charge is -2.38. The van der Waals surface area contributed by atoms with Gasteiger partial charge in [0.05, 0.1) is 29.2 Å². The molecular formula is C22H26FN5O4S. The van der Waals surface area contributed by atoms with Crippen molar-refractivity contribution in [2.45, 2.75) is 39.7 Å². The van der Waals surface area contributed by atoms with Crippen LogP contribution in [0, 0.1) is 25.6 Å². The van der Waals surface area contributed by atoms with Gasteiger partial charge in [0, 0.05) is 23.9 Å². The average Bonchev–Trinajstić information content (AvgIpc) is 3.16. The molecule has 9 nitrogen and oxygen atoms in total. The van der Waals surface area contributed by atoms with E-state index in [-0.39, 0.29) is 16.8 Å². The lowest BCUT2D eigenvalue weighted by Crippen LogP contribution is -2.41. The van der Waals surface area contributed by atoms with Gasteiger partial charge < -0.3 is 4.90 Å². The Labute approximate surface area is 190 Å². The number of sulfonamides is 1. The van der Waals surface area contributed by atoms with Gasteiger partial charge in [-0.25, -0.2) is 22.3 Å². The van der Waals surface area contributed by atoms with Gasteiger partial charge in [-0.1, -0.05) is 6.92 Å². The van der Waals surface area contributed by atoms with Crippen LogP contribution in [0.15, 0.2) is 29.1 Å². The number of halogens is 1. The molecule has 1 aliphatic heterocycles. The van der Waals surface area contributed by atoms with Crippen LogP contribution in [0.5, 0.6) is 0 Å². The SMILES string of the molecule is Cc1nc2cc([C@H]3C[C@@H](C)CCN3C(=O)c3cc(F)ccc3NS(C)(=O)=O)[nH]n2c(=O)c1C. The number of nitrogens with one attached hydrogen (secondary N) is 2. The number of carbonyl (C=O) groups is 1. The van der Waals surface area contributed by atoms with Crippen molar-refractivity contribution in [3.63, 3.8) is 0 Å². The van der Waals surface area contributed by atoms with E-state index in [1.165, 1.54) is 10.6 Å². The van der Waals surface area contributed by atoms with Crippen molar-refractivity contribution in [3.8, 4) is 0 Å². The van der Waals surface area contributed by atoms with Gasteiger partial charge in [0.15, 0.2) is 5.65 Å². The Kier molecular flexibility index (Phi) is 5.77. The summed E-state index contributed by atoms with van der Waals surface area (Å²) in [6.07, 6.45) is 2.33. The van der Waals surface area contributed by atoms with Gasteiger partial charge >= 0.3 is 0 Å². The molecule has 1 fully saturated rings. The molecule has 3 heterocycles. The van der Waals surface area contributed by atoms with E-state index in [0.717, 1.165) is 24.8 Å². The van der Waals surface area contributed by atoms with Gasteiger partial charge in [0.1, 0.15) is 5.82 Å². The minimum absolute atomic E-state index is 0.0158. The highest BCUT2D eigenvalue weighted by atomic mass is 32.2. The molecular weight excluding hydrogens is 449 g/mol. The van der Waals surface area contributed by atoms with Gasteiger partial charge in [-0.05, 0) is 50.8 Å². The number of fused-ring (bicyclic) bond motifs is 1. The van der Waals surface area contributed by atoms with Crippen LogP contribution in [0.3, 0.4) is 0 Å². The first kappa shape index (κ1) is 23.0. The molecule has 176 valence electrons. The fraction of sp³-hybridized carbons (Fsp3) is 0.409. The molecule has 1 amide bonds. The second-order valence-electron chi connectivity index (χ2n) is 8.74. The average molecular weight is 476 g/mol. The van der Waals surface area contributed by atoms with Gasteiger partial charge in [-0.2, -0.15) is 0 Å². The third-order valence-corrected chi connectivity index (χ3v) is 6.69. The predicted molar refractivity (Wildman–Crippen MR) is 122 cm³/mol. The van der Waals surface area contributed by atoms with E-state index in [2.05, 4.69) is 21.7 Å². The Balaban J connectivity index is 1.78. The summed E-state index contributed by atoms with van der Waals surface area (Å²) < 4.78 is 41.3. The minimum atomic E-state index is -3.68. The first-order chi connectivity index (χ1) is 15.4. The number of benzene rings is 1. The van der Waals surface area contributed by atoms with Crippen LogP contribution in [0.4, 0.5) is 10.1 Å². The summed E-state index contributed by atoms with van der Waals surface area (Å²) in [5.74, 6) is -0.838. The topological polar surface area (TPSA) is 117 Å². The number of aromatic amines is 1. The van der Waals surface area contributed by atoms with E-state index in [1.807, 2.05) is 0 Å². The van der Waals surface area contributed by atoms with Gasteiger partial charge in [-0.3, -0.25) is 19.4 Å². The first-order valence-electron chi connectivity index (χ1n) is 10.6. The molecule has 0 aliphatic carbocycles. The van der Waals surface area contributed by atoms with Crippen molar-refractivity contribution in [1.82, 2.24) is 19.5 Å². The molecule has 33 heavy (non-hydrogen) atoms. The molecule has 0 saturated carbocycles. The lowest BCUT2D eigenvalue weighted by atomic mass is 9.90. The largest absolute Gasteiger partial charge is 0.330 e. The van der Waals surface area contributed by atoms with Crippen LogP contribution < -0.4 is 10.3 Å². The van der Waals surface area contributed by atoms with Crippen molar-refractivity contribution in [1.29, 1.82) is 0 Å². The zero-order valence-electron chi connectivity index (χ0n) is 18.8. The van der Waals surface area contributed by atoms with Crippen LogP contribution in [0.2, 0.25) is 0 Å². The Morgan fingerprint density at radius 1 is 1.27 bits per heavy atom. The Hall–Kier alpha value is -3.21. The Morgan fingerprint density at radius 3 is 2.70 bits per heavy atom. The van der Waals surface area contributed by atoms with Gasteiger partial charge in [0.2, 0.25) is 10.0 Å². The molecule has 4 rings (SSSR count). The first-order valence-corrected chi connectivity index (χ1v) is 12.5. The zero-order chi connectivity index (χ0) is 24.1. The summed E-state index contributed by atoms with van der Waals surface area (Å²) in [5.41, 5.74) is 1.98. The smallest absolute Gasteiger partial charge is 0.275 e. The zero-order valence-corrected chi connectivity index (χ0v) is 19.7. The summed E-state index contributed by atoms with van der Waals surface area (Å²) in [6.45, 7) is 5.95. The summed E-state index contributed by atoms with van der Waals surface area (Å²) in [5, 5.41) is 3.08. The number of piperidine rings is 1. The number of anilines is 1. The van der Waals surface area contributed by atoms with Crippen LogP contribution in [-0.2, 0) is 10.0 Å². The molecule has 0 spiro atoms. The summed E-state index contributed by atoms with van der Waals surface area (Å²) in [4.78, 5) is 32.3. The number of amides is 1. The number of carbonyl (C=O) groups excluding carboxylic acids is 1. The number of likely N-dealkylation sites (tertiary alicyclic amines) is 1. The van der Waals surface area contributed by atoms with E-state index in [1.54, 1.807) is 24.8 Å². The van der Waals surface area contributed by atoms with E-state index >= 15 is 0 Å². The molecule has 1 aromatic carbocycles. The summed E-state index contributed by atoms with van der Waals surface area (Å²) in [6, 6.07) is 4.70. The number of hydrogen-bond acceptors (Lipinski definition) is 5. The van der Waals surface area contributed by atoms with Crippen LogP contribution in [0.25, 0.3) is 5.65 Å². The molecule has 11 heteroatoms. The molecule has 2 aromatic heterocycles. The fourth-order valence-electron chi connectivity index (χ4n) is 4.22. The third kappa shape index (κ3) is 4.50. The number of nitrogens with zero attached hydrogens (tertiary/aromatic N) is 3. The van der Waals surface area contributed by atoms with Crippen molar-refractivity contribution >= 4 is 27.3 Å². The maximum absolute atomic E-state index is 14.0. The lowest BCUT2D eigenvalue weighted by molar-refractivity contribution is 0.0552. The fourth-order valence-corrected chi connectivity index (χ4v) is 4.80. The second-order valence-corrected chi connectivity index (χ2v) is 10.5. The van der Waals surface area contributed by atoms with E-state index in [9.17, 15) is 22.4 Å². The number of H-pyrrole nitrogens is 1. The standard InChI is InChI=1S/C22H26FN5O4S/c1-12-7-8-27(22(30)16-10-15(23)5-6-17(16)26-33(4,31)32)19(9-12)18-11-20-24-14(3)13(2)21(29)28(20)25-18/h5-6,10-12,19,25-26H,7-9H2,1-4H3/t12-,19+/m0/s1. The maximum Gasteiger partial charge on any atom is 0.275 e. The van der Waals surface area contributed by atoms with Crippen molar-refractivity contribution in [2.75, 3.05) is 17.5 Å². The maximum atomic E-state index is 14.0. The number of aryl methyl sites for hydroxylation is 1. The van der Waals surface area contributed by atoms with E-state index in [4.69, 9.17) is 0 Å². The third-order valence-electron chi connectivity index (χ3n) is 6.10. The van der Waals surface area contributed by atoms with Crippen molar-refractivity contribution in [2.24, 2.45) is 5.92 Å². The van der Waals surface area contributed by atoms with Crippen LogP contribution >= 0.6 is 0 Å². The Morgan fingerprint density at radius 2 is 2.00 bits per heavy atom. The number of hydrogen-bond donors (Lipinski definition) is 2. The molecule has 1 aliphatic rings. The van der Waals surface area contributed by atoms with Gasteiger partial charge in [0.25, 0.3) is 11.5 Å². The second kappa shape index (κ2) is 8.29. The highest BCUT2D eigenvalue weighted by Crippen LogP contribution is 2.35. The number of rotatable bonds is 4. The van der Waals surface area contributed by atoms with Gasteiger partial charge in [-0.15, -0.1) is 0 Å². The molecule has 1 saturated heterocycles. The molecule has 2 N–H and O–H groups in total. The molecule has 0 bridgehead atoms. The summed E-state index contributed by atoms with van der Waals surface area (Å²) in [7, 11) is -3.68. The highest BCUT2D eigenvalue weighted by Gasteiger charge is 2.34. The monoisotopic (exact) mass is 475 g/mol. The molecule has 0 unspecified atom stereocenters. The minimum Gasteiger partial charge on any atom is -0.330 e. The predicted octanol–water partition coefficient (Wildman–Crippen LogP) is 2.76. The van der Waals surface area contributed by atoms with Crippen LogP contribution in [-0.4, -0.2) is 46.6 Å². The Bertz CT molecular complexity index is 1410. The normalized spacial score (nSPS) is 19.1. The van der Waals surface area contributed by atoms with Crippen LogP contribution in [0.1, 0.15) is 53.1 Å². The van der Waals surface area contributed by atoms with Crippen molar-refractivity contribution in [3.05, 3.63) is 63.0 Å². The van der Waals surface area contributed by atoms with E-state index in [0.29, 0.717) is 41.5 Å². The van der Waals surface area contributed by atoms with Crippen molar-refractivity contribution < 1.29 is 17.6 Å². The molecule has 3 aromatic rings. The van der Waals surface area contributed by atoms with E-state index < -0.39 is 27.8 Å². The number of aromatic nitrogens is 3. The quantitative estimate of drug-likeness (QED) is 0.602. The summed E-state index contributed by atoms with van der Waals surface area (Å²) >= 11 is 0.